The highest BCUT2D eigenvalue weighted by molar-refractivity contribution is 7.92. The average molecular weight is 469 g/mol. The lowest BCUT2D eigenvalue weighted by atomic mass is 10.2. The maximum Gasteiger partial charge on any atom is 0.264 e. The zero-order chi connectivity index (χ0) is 24.0. The third-order valence-electron chi connectivity index (χ3n) is 5.23. The van der Waals surface area contributed by atoms with Crippen molar-refractivity contribution in [3.63, 3.8) is 0 Å². The van der Waals surface area contributed by atoms with Gasteiger partial charge in [0.1, 0.15) is 6.54 Å². The summed E-state index contributed by atoms with van der Waals surface area (Å²) in [6, 6.07) is 20.6. The second kappa shape index (κ2) is 10.4. The topological polar surface area (TPSA) is 76.2 Å². The second-order valence-electron chi connectivity index (χ2n) is 7.60. The Labute approximate surface area is 195 Å². The summed E-state index contributed by atoms with van der Waals surface area (Å²) in [6.45, 7) is 1.87. The minimum absolute atomic E-state index is 0.126. The van der Waals surface area contributed by atoms with Gasteiger partial charge in [0.05, 0.1) is 24.8 Å². The van der Waals surface area contributed by atoms with Crippen LogP contribution in [0.4, 0.5) is 5.69 Å². The number of hydrogen-bond acceptors (Lipinski definition) is 5. The molecule has 33 heavy (non-hydrogen) atoms. The van der Waals surface area contributed by atoms with E-state index in [1.54, 1.807) is 63.7 Å². The molecule has 0 unspecified atom stereocenters. The van der Waals surface area contributed by atoms with Crippen molar-refractivity contribution in [3.8, 4) is 11.5 Å². The first-order valence-electron chi connectivity index (χ1n) is 10.4. The number of carbonyl (C=O) groups excluding carboxylic acids is 1. The van der Waals surface area contributed by atoms with Crippen LogP contribution in [-0.2, 0) is 21.4 Å². The number of hydrogen-bond donors (Lipinski definition) is 0. The number of nitrogens with zero attached hydrogens (tertiary/aromatic N) is 2. The Morgan fingerprint density at radius 2 is 1.52 bits per heavy atom. The van der Waals surface area contributed by atoms with E-state index in [0.717, 1.165) is 15.4 Å². The molecule has 0 radical (unpaired) electrons. The number of sulfonamides is 1. The molecular formula is C25H28N2O5S. The summed E-state index contributed by atoms with van der Waals surface area (Å²) in [5, 5.41) is 0. The maximum atomic E-state index is 13.4. The number of anilines is 1. The van der Waals surface area contributed by atoms with E-state index in [4.69, 9.17) is 9.47 Å². The molecule has 0 aliphatic rings. The Balaban J connectivity index is 1.86. The van der Waals surface area contributed by atoms with Gasteiger partial charge >= 0.3 is 0 Å². The molecule has 174 valence electrons. The lowest BCUT2D eigenvalue weighted by molar-refractivity contribution is -0.128. The first kappa shape index (κ1) is 24.1. The summed E-state index contributed by atoms with van der Waals surface area (Å²) in [5.41, 5.74) is 2.25. The van der Waals surface area contributed by atoms with E-state index in [2.05, 4.69) is 0 Å². The van der Waals surface area contributed by atoms with Crippen molar-refractivity contribution in [2.45, 2.75) is 18.4 Å². The van der Waals surface area contributed by atoms with Gasteiger partial charge in [-0.3, -0.25) is 9.10 Å². The fourth-order valence-electron chi connectivity index (χ4n) is 3.33. The van der Waals surface area contributed by atoms with Crippen LogP contribution >= 0.6 is 0 Å². The van der Waals surface area contributed by atoms with Gasteiger partial charge < -0.3 is 14.4 Å². The molecule has 0 aromatic heterocycles. The number of benzene rings is 3. The molecule has 0 bridgehead atoms. The molecule has 0 spiro atoms. The molecule has 0 N–H and O–H groups in total. The first-order chi connectivity index (χ1) is 15.8. The summed E-state index contributed by atoms with van der Waals surface area (Å²) in [7, 11) is 0.803. The van der Waals surface area contributed by atoms with Crippen molar-refractivity contribution in [2.24, 2.45) is 0 Å². The Bertz CT molecular complexity index is 1200. The number of ether oxygens (including phenoxy) is 2. The van der Waals surface area contributed by atoms with Gasteiger partial charge in [0.25, 0.3) is 10.0 Å². The standard InChI is InChI=1S/C25H28N2O5S/c1-19-10-13-21(14-11-19)27(33(29,30)22-8-6-5-7-9-22)18-25(28)26(2)17-20-12-15-23(31-3)24(16-20)32-4/h5-16H,17-18H2,1-4H3. The van der Waals surface area contributed by atoms with E-state index >= 15 is 0 Å². The summed E-state index contributed by atoms with van der Waals surface area (Å²) in [4.78, 5) is 14.7. The third-order valence-corrected chi connectivity index (χ3v) is 7.01. The van der Waals surface area contributed by atoms with Crippen molar-refractivity contribution in [3.05, 3.63) is 83.9 Å². The number of rotatable bonds is 9. The van der Waals surface area contributed by atoms with E-state index in [9.17, 15) is 13.2 Å². The van der Waals surface area contributed by atoms with Crippen LogP contribution in [0.1, 0.15) is 11.1 Å². The van der Waals surface area contributed by atoms with Gasteiger partial charge in [0.15, 0.2) is 11.5 Å². The molecule has 3 aromatic rings. The summed E-state index contributed by atoms with van der Waals surface area (Å²) in [5.74, 6) is 0.809. The highest BCUT2D eigenvalue weighted by atomic mass is 32.2. The summed E-state index contributed by atoms with van der Waals surface area (Å²) in [6.07, 6.45) is 0. The van der Waals surface area contributed by atoms with Crippen LogP contribution in [0.5, 0.6) is 11.5 Å². The molecule has 7 nitrogen and oxygen atoms in total. The fourth-order valence-corrected chi connectivity index (χ4v) is 4.77. The minimum atomic E-state index is -3.94. The molecule has 0 fully saturated rings. The van der Waals surface area contributed by atoms with Crippen LogP contribution in [0.3, 0.4) is 0 Å². The van der Waals surface area contributed by atoms with Crippen LogP contribution < -0.4 is 13.8 Å². The van der Waals surface area contributed by atoms with Gasteiger partial charge in [0, 0.05) is 13.6 Å². The van der Waals surface area contributed by atoms with Crippen LogP contribution in [0, 0.1) is 6.92 Å². The van der Waals surface area contributed by atoms with Crippen molar-refractivity contribution in [2.75, 3.05) is 32.1 Å². The summed E-state index contributed by atoms with van der Waals surface area (Å²) >= 11 is 0. The maximum absolute atomic E-state index is 13.4. The molecule has 0 aliphatic carbocycles. The van der Waals surface area contributed by atoms with Crippen LogP contribution in [0.2, 0.25) is 0 Å². The smallest absolute Gasteiger partial charge is 0.264 e. The Morgan fingerprint density at radius 3 is 2.12 bits per heavy atom. The van der Waals surface area contributed by atoms with Gasteiger partial charge in [0.2, 0.25) is 5.91 Å². The first-order valence-corrected chi connectivity index (χ1v) is 11.8. The average Bonchev–Trinajstić information content (AvgIpc) is 2.83. The van der Waals surface area contributed by atoms with Crippen molar-refractivity contribution < 1.29 is 22.7 Å². The lowest BCUT2D eigenvalue weighted by Crippen LogP contribution is -2.41. The SMILES string of the molecule is COc1ccc(CN(C)C(=O)CN(c2ccc(C)cc2)S(=O)(=O)c2ccccc2)cc1OC. The van der Waals surface area contributed by atoms with E-state index in [-0.39, 0.29) is 23.9 Å². The molecule has 3 aromatic carbocycles. The van der Waals surface area contributed by atoms with Gasteiger partial charge in [-0.05, 0) is 48.9 Å². The zero-order valence-electron chi connectivity index (χ0n) is 19.2. The van der Waals surface area contributed by atoms with Crippen molar-refractivity contribution in [1.29, 1.82) is 0 Å². The molecule has 0 atom stereocenters. The van der Waals surface area contributed by atoms with Gasteiger partial charge in [-0.25, -0.2) is 8.42 Å². The van der Waals surface area contributed by atoms with Gasteiger partial charge in [-0.1, -0.05) is 42.0 Å². The molecule has 0 aliphatic heterocycles. The normalized spacial score (nSPS) is 11.0. The van der Waals surface area contributed by atoms with Crippen molar-refractivity contribution in [1.82, 2.24) is 4.90 Å². The number of aryl methyl sites for hydroxylation is 1. The lowest BCUT2D eigenvalue weighted by Gasteiger charge is -2.27. The molecule has 0 heterocycles. The molecule has 8 heteroatoms. The number of carbonyl (C=O) groups is 1. The predicted molar refractivity (Wildman–Crippen MR) is 128 cm³/mol. The van der Waals surface area contributed by atoms with Crippen LogP contribution in [0.25, 0.3) is 0 Å². The Kier molecular flexibility index (Phi) is 7.60. The monoisotopic (exact) mass is 468 g/mol. The van der Waals surface area contributed by atoms with Gasteiger partial charge in [-0.15, -0.1) is 0 Å². The highest BCUT2D eigenvalue weighted by Crippen LogP contribution is 2.28. The highest BCUT2D eigenvalue weighted by Gasteiger charge is 2.28. The van der Waals surface area contributed by atoms with Crippen LogP contribution in [-0.4, -0.2) is 47.0 Å². The van der Waals surface area contributed by atoms with E-state index < -0.39 is 10.0 Å². The predicted octanol–water partition coefficient (Wildman–Crippen LogP) is 3.87. The Morgan fingerprint density at radius 1 is 0.879 bits per heavy atom. The number of methoxy groups -OCH3 is 2. The van der Waals surface area contributed by atoms with E-state index in [1.165, 1.54) is 17.0 Å². The van der Waals surface area contributed by atoms with E-state index in [0.29, 0.717) is 17.2 Å². The number of amides is 1. The van der Waals surface area contributed by atoms with E-state index in [1.807, 2.05) is 25.1 Å². The van der Waals surface area contributed by atoms with Crippen molar-refractivity contribution >= 4 is 21.6 Å². The van der Waals surface area contributed by atoms with Gasteiger partial charge in [-0.2, -0.15) is 0 Å². The minimum Gasteiger partial charge on any atom is -0.493 e. The zero-order valence-corrected chi connectivity index (χ0v) is 20.0. The largest absolute Gasteiger partial charge is 0.493 e. The molecule has 0 saturated heterocycles. The van der Waals surface area contributed by atoms with Crippen LogP contribution in [0.15, 0.2) is 77.7 Å². The quantitative estimate of drug-likeness (QED) is 0.477. The summed E-state index contributed by atoms with van der Waals surface area (Å²) < 4.78 is 38.6. The molecule has 0 saturated carbocycles. The second-order valence-corrected chi connectivity index (χ2v) is 9.46. The molecular weight excluding hydrogens is 440 g/mol. The third kappa shape index (κ3) is 5.64. The fraction of sp³-hybridized carbons (Fsp3) is 0.240. The number of likely N-dealkylation sites (N-methyl/N-ethyl adjacent to an activating group) is 1. The molecule has 1 amide bonds. The Hall–Kier alpha value is -3.52. The molecule has 3 rings (SSSR count).